The Labute approximate surface area is 120 Å². The molecule has 0 aliphatic carbocycles. The van der Waals surface area contributed by atoms with Crippen molar-refractivity contribution in [1.29, 1.82) is 0 Å². The van der Waals surface area contributed by atoms with E-state index in [4.69, 9.17) is 10.5 Å². The zero-order valence-corrected chi connectivity index (χ0v) is 12.2. The molecule has 1 atom stereocenters. The van der Waals surface area contributed by atoms with Gasteiger partial charge in [-0.05, 0) is 36.8 Å². The molecule has 0 amide bonds. The summed E-state index contributed by atoms with van der Waals surface area (Å²) >= 11 is 3.49. The van der Waals surface area contributed by atoms with Crippen LogP contribution in [0.4, 0.5) is 4.39 Å². The van der Waals surface area contributed by atoms with Gasteiger partial charge in [-0.2, -0.15) is 0 Å². The number of hydrogen-bond acceptors (Lipinski definition) is 2. The summed E-state index contributed by atoms with van der Waals surface area (Å²) in [5, 5.41) is 0. The number of ether oxygens (including phenoxy) is 1. The second kappa shape index (κ2) is 6.17. The van der Waals surface area contributed by atoms with Crippen LogP contribution in [-0.4, -0.2) is 6.54 Å². The average molecular weight is 324 g/mol. The van der Waals surface area contributed by atoms with Gasteiger partial charge in [0.2, 0.25) is 0 Å². The van der Waals surface area contributed by atoms with E-state index >= 15 is 0 Å². The van der Waals surface area contributed by atoms with Crippen LogP contribution < -0.4 is 10.5 Å². The Morgan fingerprint density at radius 1 is 1.26 bits per heavy atom. The molecule has 0 aliphatic heterocycles. The molecule has 0 bridgehead atoms. The standard InChI is InChI=1S/C15H15BrFNO/c1-10-8-11(17)6-7-14(10)19-15(9-18)12-4-2-3-5-13(12)16/h2-8,15H,9,18H2,1H3. The van der Waals surface area contributed by atoms with Gasteiger partial charge in [0.15, 0.2) is 0 Å². The molecule has 19 heavy (non-hydrogen) atoms. The molecular weight excluding hydrogens is 309 g/mol. The maximum atomic E-state index is 13.1. The molecule has 2 nitrogen and oxygen atoms in total. The molecule has 0 saturated carbocycles. The first-order valence-electron chi connectivity index (χ1n) is 5.99. The van der Waals surface area contributed by atoms with Gasteiger partial charge in [-0.15, -0.1) is 0 Å². The first-order chi connectivity index (χ1) is 9.11. The van der Waals surface area contributed by atoms with Gasteiger partial charge in [-0.25, -0.2) is 4.39 Å². The summed E-state index contributed by atoms with van der Waals surface area (Å²) in [5.74, 6) is 0.377. The second-order valence-electron chi connectivity index (χ2n) is 4.27. The van der Waals surface area contributed by atoms with Crippen molar-refractivity contribution in [2.75, 3.05) is 6.54 Å². The van der Waals surface area contributed by atoms with E-state index in [1.54, 1.807) is 6.07 Å². The fourth-order valence-electron chi connectivity index (χ4n) is 1.87. The summed E-state index contributed by atoms with van der Waals surface area (Å²) in [5.41, 5.74) is 7.52. The quantitative estimate of drug-likeness (QED) is 0.923. The Hall–Kier alpha value is -1.39. The topological polar surface area (TPSA) is 35.2 Å². The molecule has 0 aliphatic rings. The van der Waals surface area contributed by atoms with Gasteiger partial charge in [0.1, 0.15) is 17.7 Å². The van der Waals surface area contributed by atoms with E-state index in [-0.39, 0.29) is 11.9 Å². The number of rotatable bonds is 4. The number of hydrogen-bond donors (Lipinski definition) is 1. The Morgan fingerprint density at radius 2 is 2.00 bits per heavy atom. The van der Waals surface area contributed by atoms with Crippen LogP contribution >= 0.6 is 15.9 Å². The molecule has 0 aromatic heterocycles. The lowest BCUT2D eigenvalue weighted by atomic mass is 10.1. The van der Waals surface area contributed by atoms with Gasteiger partial charge in [-0.1, -0.05) is 34.1 Å². The summed E-state index contributed by atoms with van der Waals surface area (Å²) in [7, 11) is 0. The minimum Gasteiger partial charge on any atom is -0.484 e. The van der Waals surface area contributed by atoms with E-state index < -0.39 is 0 Å². The van der Waals surface area contributed by atoms with Gasteiger partial charge in [-0.3, -0.25) is 0 Å². The van der Waals surface area contributed by atoms with E-state index in [2.05, 4.69) is 15.9 Å². The number of aryl methyl sites for hydroxylation is 1. The van der Waals surface area contributed by atoms with Crippen molar-refractivity contribution in [3.8, 4) is 5.75 Å². The highest BCUT2D eigenvalue weighted by atomic mass is 79.9. The summed E-state index contributed by atoms with van der Waals surface area (Å²) in [6, 6.07) is 12.2. The third-order valence-electron chi connectivity index (χ3n) is 2.87. The van der Waals surface area contributed by atoms with Crippen molar-refractivity contribution < 1.29 is 9.13 Å². The van der Waals surface area contributed by atoms with Gasteiger partial charge < -0.3 is 10.5 Å². The largest absolute Gasteiger partial charge is 0.484 e. The molecule has 0 saturated heterocycles. The minimum absolute atomic E-state index is 0.264. The van der Waals surface area contributed by atoms with Crippen LogP contribution in [0.5, 0.6) is 5.75 Å². The number of halogens is 2. The summed E-state index contributed by atoms with van der Waals surface area (Å²) in [6.45, 7) is 2.16. The SMILES string of the molecule is Cc1cc(F)ccc1OC(CN)c1ccccc1Br. The fraction of sp³-hybridized carbons (Fsp3) is 0.200. The molecule has 100 valence electrons. The lowest BCUT2D eigenvalue weighted by Gasteiger charge is -2.20. The molecule has 0 spiro atoms. The smallest absolute Gasteiger partial charge is 0.137 e. The monoisotopic (exact) mass is 323 g/mol. The van der Waals surface area contributed by atoms with Crippen LogP contribution in [0.1, 0.15) is 17.2 Å². The summed E-state index contributed by atoms with van der Waals surface area (Å²) in [6.07, 6.45) is -0.264. The average Bonchev–Trinajstić information content (AvgIpc) is 2.39. The molecule has 2 aromatic rings. The van der Waals surface area contributed by atoms with Crippen molar-refractivity contribution in [2.24, 2.45) is 5.73 Å². The highest BCUT2D eigenvalue weighted by Crippen LogP contribution is 2.29. The molecule has 2 rings (SSSR count). The van der Waals surface area contributed by atoms with Crippen LogP contribution in [0.3, 0.4) is 0 Å². The molecule has 1 unspecified atom stereocenters. The third kappa shape index (κ3) is 3.33. The summed E-state index contributed by atoms with van der Waals surface area (Å²) < 4.78 is 19.9. The minimum atomic E-state index is -0.268. The van der Waals surface area contributed by atoms with Crippen molar-refractivity contribution in [2.45, 2.75) is 13.0 Å². The van der Waals surface area contributed by atoms with Crippen molar-refractivity contribution in [3.05, 3.63) is 63.9 Å². The predicted molar refractivity (Wildman–Crippen MR) is 77.7 cm³/mol. The van der Waals surface area contributed by atoms with E-state index in [0.717, 1.165) is 15.6 Å². The molecule has 0 fully saturated rings. The predicted octanol–water partition coefficient (Wildman–Crippen LogP) is 3.98. The third-order valence-corrected chi connectivity index (χ3v) is 3.59. The molecule has 4 heteroatoms. The highest BCUT2D eigenvalue weighted by molar-refractivity contribution is 9.10. The Morgan fingerprint density at radius 3 is 2.63 bits per heavy atom. The number of nitrogens with two attached hydrogens (primary N) is 1. The zero-order chi connectivity index (χ0) is 13.8. The van der Waals surface area contributed by atoms with Crippen molar-refractivity contribution >= 4 is 15.9 Å². The van der Waals surface area contributed by atoms with Crippen LogP contribution in [0, 0.1) is 12.7 Å². The lowest BCUT2D eigenvalue weighted by molar-refractivity contribution is 0.212. The van der Waals surface area contributed by atoms with Crippen LogP contribution in [-0.2, 0) is 0 Å². The van der Waals surface area contributed by atoms with Crippen LogP contribution in [0.2, 0.25) is 0 Å². The van der Waals surface area contributed by atoms with Gasteiger partial charge in [0, 0.05) is 16.6 Å². The van der Waals surface area contributed by atoms with E-state index in [1.807, 2.05) is 31.2 Å². The van der Waals surface area contributed by atoms with E-state index in [0.29, 0.717) is 12.3 Å². The second-order valence-corrected chi connectivity index (χ2v) is 5.13. The Kier molecular flexibility index (Phi) is 4.56. The lowest BCUT2D eigenvalue weighted by Crippen LogP contribution is -2.19. The van der Waals surface area contributed by atoms with Gasteiger partial charge in [0.25, 0.3) is 0 Å². The first kappa shape index (κ1) is 14.0. The Balaban J connectivity index is 2.27. The molecule has 0 radical (unpaired) electrons. The summed E-state index contributed by atoms with van der Waals surface area (Å²) in [4.78, 5) is 0. The molecule has 2 aromatic carbocycles. The first-order valence-corrected chi connectivity index (χ1v) is 6.78. The van der Waals surface area contributed by atoms with E-state index in [9.17, 15) is 4.39 Å². The maximum absolute atomic E-state index is 13.1. The fourth-order valence-corrected chi connectivity index (χ4v) is 2.41. The van der Waals surface area contributed by atoms with Crippen molar-refractivity contribution in [3.63, 3.8) is 0 Å². The van der Waals surface area contributed by atoms with Crippen molar-refractivity contribution in [1.82, 2.24) is 0 Å². The molecule has 0 heterocycles. The highest BCUT2D eigenvalue weighted by Gasteiger charge is 2.15. The van der Waals surface area contributed by atoms with Crippen LogP contribution in [0.25, 0.3) is 0 Å². The van der Waals surface area contributed by atoms with Crippen LogP contribution in [0.15, 0.2) is 46.9 Å². The normalized spacial score (nSPS) is 12.2. The number of benzene rings is 2. The Bertz CT molecular complexity index is 574. The maximum Gasteiger partial charge on any atom is 0.137 e. The molecular formula is C15H15BrFNO. The zero-order valence-electron chi connectivity index (χ0n) is 10.6. The van der Waals surface area contributed by atoms with E-state index in [1.165, 1.54) is 12.1 Å². The van der Waals surface area contributed by atoms with Gasteiger partial charge >= 0.3 is 0 Å². The van der Waals surface area contributed by atoms with Gasteiger partial charge in [0.05, 0.1) is 0 Å². The molecule has 2 N–H and O–H groups in total.